The van der Waals surface area contributed by atoms with E-state index in [1.165, 1.54) is 7.11 Å². The van der Waals surface area contributed by atoms with E-state index < -0.39 is 0 Å². The highest BCUT2D eigenvalue weighted by atomic mass is 17.2. The Morgan fingerprint density at radius 2 is 1.93 bits per heavy atom. The fourth-order valence-corrected chi connectivity index (χ4v) is 0.954. The maximum Gasteiger partial charge on any atom is 0.0873 e. The van der Waals surface area contributed by atoms with E-state index in [-0.39, 0.29) is 12.5 Å². The third kappa shape index (κ3) is 8.40. The van der Waals surface area contributed by atoms with Crippen LogP contribution < -0.4 is 0 Å². The van der Waals surface area contributed by atoms with Gasteiger partial charge < -0.3 is 14.6 Å². The van der Waals surface area contributed by atoms with E-state index in [0.717, 1.165) is 0 Å². The molecule has 0 radical (unpaired) electrons. The summed E-state index contributed by atoms with van der Waals surface area (Å²) in [6.45, 7) is 2.26. The summed E-state index contributed by atoms with van der Waals surface area (Å²) in [6.07, 6.45) is 0.649. The average molecular weight is 208 g/mol. The third-order valence-corrected chi connectivity index (χ3v) is 1.74. The molecule has 0 aromatic heterocycles. The van der Waals surface area contributed by atoms with Gasteiger partial charge in [0.25, 0.3) is 0 Å². The number of rotatable bonds is 10. The fraction of sp³-hybridized carbons (Fsp3) is 1.00. The monoisotopic (exact) mass is 208 g/mol. The van der Waals surface area contributed by atoms with Crippen molar-refractivity contribution in [2.75, 3.05) is 47.3 Å². The molecule has 0 fully saturated rings. The Morgan fingerprint density at radius 1 is 1.14 bits per heavy atom. The Balaban J connectivity index is 3.40. The van der Waals surface area contributed by atoms with Gasteiger partial charge in [-0.2, -0.15) is 0 Å². The van der Waals surface area contributed by atoms with Gasteiger partial charge in [0.2, 0.25) is 0 Å². The minimum atomic E-state index is 0.130. The van der Waals surface area contributed by atoms with Gasteiger partial charge in [0.1, 0.15) is 0 Å². The van der Waals surface area contributed by atoms with Gasteiger partial charge in [0.05, 0.1) is 33.5 Å². The largest absolute Gasteiger partial charge is 0.396 e. The summed E-state index contributed by atoms with van der Waals surface area (Å²) in [6, 6.07) is 0. The molecule has 0 aromatic carbocycles. The first-order valence-electron chi connectivity index (χ1n) is 4.68. The highest BCUT2D eigenvalue weighted by Crippen LogP contribution is 2.04. The molecule has 1 N–H and O–H groups in total. The second-order valence-electron chi connectivity index (χ2n) is 2.90. The van der Waals surface area contributed by atoms with Crippen molar-refractivity contribution < 1.29 is 24.4 Å². The Bertz CT molecular complexity index is 109. The molecule has 14 heavy (non-hydrogen) atoms. The van der Waals surface area contributed by atoms with Crippen molar-refractivity contribution in [1.29, 1.82) is 0 Å². The topological polar surface area (TPSA) is 57.2 Å². The summed E-state index contributed by atoms with van der Waals surface area (Å²) in [4.78, 5) is 9.27. The lowest BCUT2D eigenvalue weighted by Crippen LogP contribution is -2.19. The SMILES string of the molecule is COCCOCC(CCO)COOC. The average Bonchev–Trinajstić information content (AvgIpc) is 2.20. The number of aliphatic hydroxyl groups excluding tert-OH is 1. The Morgan fingerprint density at radius 3 is 2.50 bits per heavy atom. The molecule has 0 saturated carbocycles. The molecule has 0 aliphatic heterocycles. The van der Waals surface area contributed by atoms with Crippen LogP contribution >= 0.6 is 0 Å². The van der Waals surface area contributed by atoms with Crippen LogP contribution in [-0.4, -0.2) is 52.4 Å². The normalized spacial score (nSPS) is 13.1. The van der Waals surface area contributed by atoms with Crippen LogP contribution in [0.3, 0.4) is 0 Å². The molecule has 0 amide bonds. The Kier molecular flexibility index (Phi) is 10.7. The Labute approximate surface area is 84.8 Å². The third-order valence-electron chi connectivity index (χ3n) is 1.74. The van der Waals surface area contributed by atoms with Crippen molar-refractivity contribution in [2.45, 2.75) is 6.42 Å². The molecule has 1 unspecified atom stereocenters. The molecule has 0 heterocycles. The van der Waals surface area contributed by atoms with Gasteiger partial charge in [0.15, 0.2) is 0 Å². The van der Waals surface area contributed by atoms with Crippen LogP contribution in [0.25, 0.3) is 0 Å². The molecule has 0 bridgehead atoms. The number of hydrogen-bond donors (Lipinski definition) is 1. The zero-order valence-electron chi connectivity index (χ0n) is 8.90. The summed E-state index contributed by atoms with van der Waals surface area (Å²) in [5.41, 5.74) is 0. The van der Waals surface area contributed by atoms with E-state index in [4.69, 9.17) is 19.5 Å². The van der Waals surface area contributed by atoms with E-state index in [0.29, 0.717) is 32.8 Å². The fourth-order valence-electron chi connectivity index (χ4n) is 0.954. The summed E-state index contributed by atoms with van der Waals surface area (Å²) in [5, 5.41) is 8.76. The van der Waals surface area contributed by atoms with Crippen molar-refractivity contribution in [3.05, 3.63) is 0 Å². The lowest BCUT2D eigenvalue weighted by molar-refractivity contribution is -0.282. The van der Waals surface area contributed by atoms with Crippen molar-refractivity contribution in [3.8, 4) is 0 Å². The number of ether oxygens (including phenoxy) is 2. The molecule has 0 aliphatic rings. The minimum absolute atomic E-state index is 0.130. The van der Waals surface area contributed by atoms with Crippen LogP contribution in [0.4, 0.5) is 0 Å². The smallest absolute Gasteiger partial charge is 0.0873 e. The quantitative estimate of drug-likeness (QED) is 0.316. The first-order chi connectivity index (χ1) is 6.85. The van der Waals surface area contributed by atoms with Gasteiger partial charge in [-0.15, -0.1) is 0 Å². The van der Waals surface area contributed by atoms with Crippen LogP contribution in [0.5, 0.6) is 0 Å². The first kappa shape index (κ1) is 13.8. The second-order valence-corrected chi connectivity index (χ2v) is 2.90. The summed E-state index contributed by atoms with van der Waals surface area (Å²) in [7, 11) is 3.09. The van der Waals surface area contributed by atoms with Crippen LogP contribution in [0.15, 0.2) is 0 Å². The van der Waals surface area contributed by atoms with Crippen molar-refractivity contribution in [1.82, 2.24) is 0 Å². The molecule has 1 atom stereocenters. The van der Waals surface area contributed by atoms with E-state index in [2.05, 4.69) is 4.89 Å². The number of hydrogen-bond acceptors (Lipinski definition) is 5. The van der Waals surface area contributed by atoms with Crippen LogP contribution in [0.1, 0.15) is 6.42 Å². The van der Waals surface area contributed by atoms with Crippen molar-refractivity contribution in [2.24, 2.45) is 5.92 Å². The molecular weight excluding hydrogens is 188 g/mol. The van der Waals surface area contributed by atoms with Crippen LogP contribution in [0.2, 0.25) is 0 Å². The number of methoxy groups -OCH3 is 1. The summed E-state index contributed by atoms with van der Waals surface area (Å²) in [5.74, 6) is 0.164. The van der Waals surface area contributed by atoms with E-state index in [1.807, 2.05) is 0 Å². The van der Waals surface area contributed by atoms with Crippen LogP contribution in [0, 0.1) is 5.92 Å². The maximum atomic E-state index is 8.76. The zero-order chi connectivity index (χ0) is 10.6. The molecule has 0 saturated heterocycles. The molecule has 0 spiro atoms. The van der Waals surface area contributed by atoms with Gasteiger partial charge >= 0.3 is 0 Å². The minimum Gasteiger partial charge on any atom is -0.396 e. The molecule has 5 heteroatoms. The first-order valence-corrected chi connectivity index (χ1v) is 4.68. The van der Waals surface area contributed by atoms with Crippen molar-refractivity contribution in [3.63, 3.8) is 0 Å². The second kappa shape index (κ2) is 10.9. The van der Waals surface area contributed by atoms with Crippen LogP contribution in [-0.2, 0) is 19.2 Å². The van der Waals surface area contributed by atoms with Gasteiger partial charge in [-0.05, 0) is 6.42 Å². The zero-order valence-corrected chi connectivity index (χ0v) is 8.90. The maximum absolute atomic E-state index is 8.76. The Hall–Kier alpha value is -0.200. The molecule has 0 aromatic rings. The van der Waals surface area contributed by atoms with Crippen molar-refractivity contribution >= 4 is 0 Å². The molecule has 0 rings (SSSR count). The lowest BCUT2D eigenvalue weighted by Gasteiger charge is -2.14. The van der Waals surface area contributed by atoms with Gasteiger partial charge in [-0.25, -0.2) is 9.78 Å². The van der Waals surface area contributed by atoms with E-state index in [1.54, 1.807) is 7.11 Å². The molecule has 86 valence electrons. The number of aliphatic hydroxyl groups is 1. The predicted octanol–water partition coefficient (Wildman–Crippen LogP) is 0.226. The molecule has 0 aliphatic carbocycles. The van der Waals surface area contributed by atoms with Gasteiger partial charge in [-0.1, -0.05) is 0 Å². The van der Waals surface area contributed by atoms with E-state index in [9.17, 15) is 0 Å². The summed E-state index contributed by atoms with van der Waals surface area (Å²) >= 11 is 0. The van der Waals surface area contributed by atoms with Gasteiger partial charge in [-0.3, -0.25) is 0 Å². The standard InChI is InChI=1S/C9H20O5/c1-11-5-6-13-7-9(3-4-10)8-14-12-2/h9-10H,3-8H2,1-2H3. The predicted molar refractivity (Wildman–Crippen MR) is 50.8 cm³/mol. The summed E-state index contributed by atoms with van der Waals surface area (Å²) < 4.78 is 10.1. The highest BCUT2D eigenvalue weighted by Gasteiger charge is 2.08. The molecule has 5 nitrogen and oxygen atoms in total. The van der Waals surface area contributed by atoms with Gasteiger partial charge in [0, 0.05) is 19.6 Å². The van der Waals surface area contributed by atoms with E-state index >= 15 is 0 Å². The lowest BCUT2D eigenvalue weighted by atomic mass is 10.1. The highest BCUT2D eigenvalue weighted by molar-refractivity contribution is 4.55. The molecular formula is C9H20O5.